The third kappa shape index (κ3) is 5.82. The minimum absolute atomic E-state index is 0.0421. The molecule has 2 aromatic rings. The molecule has 2 heterocycles. The van der Waals surface area contributed by atoms with E-state index in [4.69, 9.17) is 4.74 Å². The Labute approximate surface area is 184 Å². The van der Waals surface area contributed by atoms with Crippen LogP contribution in [0.2, 0.25) is 0 Å². The van der Waals surface area contributed by atoms with Crippen molar-refractivity contribution >= 4 is 12.0 Å². The fraction of sp³-hybridized carbons (Fsp3) is 0.429. The van der Waals surface area contributed by atoms with Crippen LogP contribution in [0, 0.1) is 5.82 Å². The molecule has 32 heavy (non-hydrogen) atoms. The highest BCUT2D eigenvalue weighted by atomic mass is 19.1. The second-order valence-electron chi connectivity index (χ2n) is 8.34. The molecule has 1 aliphatic heterocycles. The van der Waals surface area contributed by atoms with Gasteiger partial charge in [-0.2, -0.15) is 4.98 Å². The molecule has 3 rings (SSSR count). The number of amides is 2. The van der Waals surface area contributed by atoms with Gasteiger partial charge in [-0.1, -0.05) is 12.1 Å². The summed E-state index contributed by atoms with van der Waals surface area (Å²) in [5, 5.41) is 25.8. The van der Waals surface area contributed by atoms with Crippen LogP contribution in [0.25, 0.3) is 0 Å². The number of benzene rings is 1. The third-order valence-corrected chi connectivity index (χ3v) is 4.60. The van der Waals surface area contributed by atoms with Gasteiger partial charge in [0.2, 0.25) is 5.75 Å². The average Bonchev–Trinajstić information content (AvgIpc) is 2.74. The van der Waals surface area contributed by atoms with E-state index in [1.54, 1.807) is 20.8 Å². The molecule has 0 radical (unpaired) electrons. The largest absolute Gasteiger partial charge is 0.501 e. The molecule has 1 aromatic carbocycles. The number of ether oxygens (including phenoxy) is 1. The molecule has 0 saturated carbocycles. The molecule has 0 spiro atoms. The van der Waals surface area contributed by atoms with Gasteiger partial charge in [0.25, 0.3) is 11.8 Å². The van der Waals surface area contributed by atoms with Crippen LogP contribution in [0.4, 0.5) is 9.18 Å². The fourth-order valence-corrected chi connectivity index (χ4v) is 3.06. The first-order valence-electron chi connectivity index (χ1n) is 10.1. The SMILES string of the molecule is CC(C)(C)OC(=O)N1CCNC(c2nc(O)c(O)c(C(=O)NCc3ccc(F)cc3)n2)C1. The van der Waals surface area contributed by atoms with E-state index >= 15 is 0 Å². The van der Waals surface area contributed by atoms with E-state index in [2.05, 4.69) is 20.6 Å². The van der Waals surface area contributed by atoms with E-state index in [9.17, 15) is 24.2 Å². The Morgan fingerprint density at radius 3 is 2.59 bits per heavy atom. The number of halogens is 1. The Bertz CT molecular complexity index is 993. The van der Waals surface area contributed by atoms with E-state index in [-0.39, 0.29) is 18.9 Å². The predicted molar refractivity (Wildman–Crippen MR) is 111 cm³/mol. The Morgan fingerprint density at radius 1 is 1.25 bits per heavy atom. The average molecular weight is 447 g/mol. The second-order valence-corrected chi connectivity index (χ2v) is 8.34. The van der Waals surface area contributed by atoms with Gasteiger partial charge in [-0.15, -0.1) is 0 Å². The monoisotopic (exact) mass is 447 g/mol. The van der Waals surface area contributed by atoms with E-state index in [0.717, 1.165) is 0 Å². The minimum atomic E-state index is -0.759. The minimum Gasteiger partial charge on any atom is -0.501 e. The van der Waals surface area contributed by atoms with E-state index in [1.165, 1.54) is 29.2 Å². The number of rotatable bonds is 4. The topological polar surface area (TPSA) is 137 Å². The number of aromatic hydroxyl groups is 2. The molecule has 0 aliphatic carbocycles. The molecule has 172 valence electrons. The van der Waals surface area contributed by atoms with Gasteiger partial charge < -0.3 is 30.5 Å². The Balaban J connectivity index is 1.74. The van der Waals surface area contributed by atoms with Gasteiger partial charge in [0.1, 0.15) is 11.4 Å². The molecule has 1 fully saturated rings. The van der Waals surface area contributed by atoms with Gasteiger partial charge in [0, 0.05) is 26.2 Å². The van der Waals surface area contributed by atoms with Gasteiger partial charge >= 0.3 is 6.09 Å². The van der Waals surface area contributed by atoms with Crippen LogP contribution in [0.5, 0.6) is 11.6 Å². The van der Waals surface area contributed by atoms with Crippen molar-refractivity contribution in [3.05, 3.63) is 47.2 Å². The highest BCUT2D eigenvalue weighted by molar-refractivity contribution is 5.95. The predicted octanol–water partition coefficient (Wildman–Crippen LogP) is 1.84. The lowest BCUT2D eigenvalue weighted by Gasteiger charge is -2.34. The zero-order valence-corrected chi connectivity index (χ0v) is 18.1. The zero-order valence-electron chi connectivity index (χ0n) is 18.1. The molecule has 1 unspecified atom stereocenters. The Hall–Kier alpha value is -3.47. The first-order valence-corrected chi connectivity index (χ1v) is 10.1. The summed E-state index contributed by atoms with van der Waals surface area (Å²) in [6.07, 6.45) is -0.496. The molecule has 1 aromatic heterocycles. The summed E-state index contributed by atoms with van der Waals surface area (Å²) < 4.78 is 18.4. The number of piperazine rings is 1. The van der Waals surface area contributed by atoms with Crippen LogP contribution in [-0.4, -0.2) is 62.3 Å². The molecule has 2 amide bonds. The highest BCUT2D eigenvalue weighted by Crippen LogP contribution is 2.28. The summed E-state index contributed by atoms with van der Waals surface area (Å²) in [6.45, 7) is 6.33. The molecule has 4 N–H and O–H groups in total. The lowest BCUT2D eigenvalue weighted by atomic mass is 10.2. The van der Waals surface area contributed by atoms with E-state index in [1.807, 2.05) is 0 Å². The van der Waals surface area contributed by atoms with Crippen LogP contribution < -0.4 is 10.6 Å². The van der Waals surface area contributed by atoms with Crippen molar-refractivity contribution in [3.63, 3.8) is 0 Å². The maximum absolute atomic E-state index is 13.0. The smallest absolute Gasteiger partial charge is 0.410 e. The van der Waals surface area contributed by atoms with Crippen molar-refractivity contribution < 1.29 is 28.9 Å². The number of aromatic nitrogens is 2. The van der Waals surface area contributed by atoms with Crippen LogP contribution in [-0.2, 0) is 11.3 Å². The van der Waals surface area contributed by atoms with E-state index < -0.39 is 46.8 Å². The van der Waals surface area contributed by atoms with Gasteiger partial charge in [0.05, 0.1) is 6.04 Å². The summed E-state index contributed by atoms with van der Waals surface area (Å²) in [5.74, 6) is -2.61. The van der Waals surface area contributed by atoms with Crippen molar-refractivity contribution in [2.75, 3.05) is 19.6 Å². The summed E-state index contributed by atoms with van der Waals surface area (Å²) in [5.41, 5.74) is -0.425. The summed E-state index contributed by atoms with van der Waals surface area (Å²) in [4.78, 5) is 34.4. The molecule has 1 saturated heterocycles. The highest BCUT2D eigenvalue weighted by Gasteiger charge is 2.31. The van der Waals surface area contributed by atoms with Crippen molar-refractivity contribution in [3.8, 4) is 11.6 Å². The van der Waals surface area contributed by atoms with Crippen LogP contribution in [0.15, 0.2) is 24.3 Å². The molecule has 11 heteroatoms. The number of nitrogens with one attached hydrogen (secondary N) is 2. The molecule has 10 nitrogen and oxygen atoms in total. The second kappa shape index (κ2) is 9.35. The maximum atomic E-state index is 13.0. The van der Waals surface area contributed by atoms with Gasteiger partial charge in [-0.3, -0.25) is 4.79 Å². The van der Waals surface area contributed by atoms with Crippen molar-refractivity contribution in [2.24, 2.45) is 0 Å². The van der Waals surface area contributed by atoms with Crippen molar-refractivity contribution in [1.82, 2.24) is 25.5 Å². The number of carbonyl (C=O) groups excluding carboxylic acids is 2. The van der Waals surface area contributed by atoms with Crippen LogP contribution in [0.3, 0.4) is 0 Å². The third-order valence-electron chi connectivity index (χ3n) is 4.60. The van der Waals surface area contributed by atoms with Crippen molar-refractivity contribution in [1.29, 1.82) is 0 Å². The molecular formula is C21H26FN5O5. The van der Waals surface area contributed by atoms with Crippen molar-refractivity contribution in [2.45, 2.75) is 39.0 Å². The zero-order chi connectivity index (χ0) is 23.5. The summed E-state index contributed by atoms with van der Waals surface area (Å²) >= 11 is 0. The Kier molecular flexibility index (Phi) is 6.78. The molecule has 1 aliphatic rings. The van der Waals surface area contributed by atoms with Crippen LogP contribution in [0.1, 0.15) is 48.7 Å². The quantitative estimate of drug-likeness (QED) is 0.557. The maximum Gasteiger partial charge on any atom is 0.410 e. The first kappa shape index (κ1) is 23.2. The fourth-order valence-electron chi connectivity index (χ4n) is 3.06. The normalized spacial score (nSPS) is 16.5. The van der Waals surface area contributed by atoms with Gasteiger partial charge in [-0.05, 0) is 38.5 Å². The molecular weight excluding hydrogens is 421 g/mol. The van der Waals surface area contributed by atoms with Gasteiger partial charge in [0.15, 0.2) is 11.5 Å². The van der Waals surface area contributed by atoms with Crippen LogP contribution >= 0.6 is 0 Å². The number of hydrogen-bond acceptors (Lipinski definition) is 8. The summed E-state index contributed by atoms with van der Waals surface area (Å²) in [6, 6.07) is 4.95. The lowest BCUT2D eigenvalue weighted by Crippen LogP contribution is -2.50. The van der Waals surface area contributed by atoms with E-state index in [0.29, 0.717) is 18.7 Å². The lowest BCUT2D eigenvalue weighted by molar-refractivity contribution is 0.0192. The Morgan fingerprint density at radius 2 is 1.94 bits per heavy atom. The standard InChI is InChI=1S/C21H26FN5O5/c1-21(2,3)32-20(31)27-9-8-23-14(11-27)17-25-15(16(28)19(30)26-17)18(29)24-10-12-4-6-13(22)7-5-12/h4-7,14,23,28H,8-11H2,1-3H3,(H,24,29)(H,25,26,30). The molecule has 1 atom stereocenters. The first-order chi connectivity index (χ1) is 15.0. The van der Waals surface area contributed by atoms with Gasteiger partial charge in [-0.25, -0.2) is 14.2 Å². The number of hydrogen-bond donors (Lipinski definition) is 4. The number of nitrogens with zero attached hydrogens (tertiary/aromatic N) is 3. The molecule has 0 bridgehead atoms. The number of carbonyl (C=O) groups is 2. The summed E-state index contributed by atoms with van der Waals surface area (Å²) in [7, 11) is 0.